The highest BCUT2D eigenvalue weighted by Crippen LogP contribution is 2.24. The van der Waals surface area contributed by atoms with Crippen molar-refractivity contribution >= 4 is 23.0 Å². The van der Waals surface area contributed by atoms with E-state index < -0.39 is 17.2 Å². The summed E-state index contributed by atoms with van der Waals surface area (Å²) >= 11 is 0. The molecule has 2 heterocycles. The van der Waals surface area contributed by atoms with E-state index in [4.69, 9.17) is 0 Å². The Morgan fingerprint density at radius 3 is 2.67 bits per heavy atom. The summed E-state index contributed by atoms with van der Waals surface area (Å²) in [6.07, 6.45) is 1.44. The standard InChI is InChI=1S/C19H21N5O3/c1-4-24-12(3)15(13-7-5-6-8-16(13)24)10-20-23-17(25)9-14-11(2)21-19(27)22-18(14)26/h5-8,10H,4,9H2,1-3H3,(H,23,25)(H2,21,22,26,27)/b20-10-. The quantitative estimate of drug-likeness (QED) is 0.467. The lowest BCUT2D eigenvalue weighted by Crippen LogP contribution is -2.30. The van der Waals surface area contributed by atoms with Crippen LogP contribution >= 0.6 is 0 Å². The number of nitrogens with one attached hydrogen (secondary N) is 3. The van der Waals surface area contributed by atoms with Gasteiger partial charge in [0.25, 0.3) is 5.56 Å². The van der Waals surface area contributed by atoms with Gasteiger partial charge in [-0.25, -0.2) is 10.2 Å². The highest BCUT2D eigenvalue weighted by Gasteiger charge is 2.12. The molecule has 27 heavy (non-hydrogen) atoms. The van der Waals surface area contributed by atoms with Crippen molar-refractivity contribution in [3.63, 3.8) is 0 Å². The average molecular weight is 367 g/mol. The molecule has 0 saturated heterocycles. The number of nitrogens with zero attached hydrogens (tertiary/aromatic N) is 2. The second-order valence-electron chi connectivity index (χ2n) is 6.24. The summed E-state index contributed by atoms with van der Waals surface area (Å²) in [4.78, 5) is 39.7. The van der Waals surface area contributed by atoms with E-state index in [2.05, 4.69) is 32.0 Å². The zero-order chi connectivity index (χ0) is 19.6. The first-order chi connectivity index (χ1) is 12.9. The maximum absolute atomic E-state index is 12.1. The summed E-state index contributed by atoms with van der Waals surface area (Å²) in [5, 5.41) is 5.11. The number of aromatic amines is 2. The molecule has 0 saturated carbocycles. The summed E-state index contributed by atoms with van der Waals surface area (Å²) < 4.78 is 2.18. The Morgan fingerprint density at radius 1 is 1.22 bits per heavy atom. The zero-order valence-electron chi connectivity index (χ0n) is 15.4. The molecule has 0 aliphatic carbocycles. The molecular formula is C19H21N5O3. The van der Waals surface area contributed by atoms with E-state index in [9.17, 15) is 14.4 Å². The van der Waals surface area contributed by atoms with Gasteiger partial charge >= 0.3 is 5.69 Å². The monoisotopic (exact) mass is 367 g/mol. The molecule has 0 aliphatic rings. The van der Waals surface area contributed by atoms with Gasteiger partial charge in [0.1, 0.15) is 0 Å². The molecule has 0 aliphatic heterocycles. The number of hydrazone groups is 1. The minimum absolute atomic E-state index is 0.176. The molecule has 0 spiro atoms. The lowest BCUT2D eigenvalue weighted by atomic mass is 10.1. The molecule has 0 fully saturated rings. The lowest BCUT2D eigenvalue weighted by Gasteiger charge is -2.03. The molecule has 3 aromatic rings. The Hall–Kier alpha value is -3.42. The van der Waals surface area contributed by atoms with Gasteiger partial charge in [-0.2, -0.15) is 5.10 Å². The van der Waals surface area contributed by atoms with Crippen LogP contribution in [-0.4, -0.2) is 26.7 Å². The first-order valence-corrected chi connectivity index (χ1v) is 8.64. The maximum atomic E-state index is 12.1. The molecule has 0 bridgehead atoms. The Labute approximate surface area is 154 Å². The molecule has 0 atom stereocenters. The molecule has 0 radical (unpaired) electrons. The minimum atomic E-state index is -0.595. The van der Waals surface area contributed by atoms with Gasteiger partial charge in [-0.1, -0.05) is 18.2 Å². The van der Waals surface area contributed by atoms with Crippen molar-refractivity contribution in [3.05, 3.63) is 67.6 Å². The third kappa shape index (κ3) is 3.59. The van der Waals surface area contributed by atoms with Crippen LogP contribution in [-0.2, 0) is 17.8 Å². The van der Waals surface area contributed by atoms with Gasteiger partial charge in [-0.3, -0.25) is 14.6 Å². The van der Waals surface area contributed by atoms with E-state index >= 15 is 0 Å². The van der Waals surface area contributed by atoms with E-state index in [1.165, 1.54) is 0 Å². The Morgan fingerprint density at radius 2 is 1.96 bits per heavy atom. The third-order valence-electron chi connectivity index (χ3n) is 4.57. The fraction of sp³-hybridized carbons (Fsp3) is 0.263. The van der Waals surface area contributed by atoms with Gasteiger partial charge in [0.2, 0.25) is 5.91 Å². The van der Waals surface area contributed by atoms with E-state index in [0.717, 1.165) is 28.7 Å². The minimum Gasteiger partial charge on any atom is -0.344 e. The largest absolute Gasteiger partial charge is 0.344 e. The van der Waals surface area contributed by atoms with Crippen LogP contribution in [0.1, 0.15) is 29.4 Å². The van der Waals surface area contributed by atoms with E-state index in [-0.39, 0.29) is 12.0 Å². The predicted octanol–water partition coefficient (Wildman–Crippen LogP) is 1.35. The summed E-state index contributed by atoms with van der Waals surface area (Å²) in [6, 6.07) is 8.01. The smallest absolute Gasteiger partial charge is 0.325 e. The fourth-order valence-corrected chi connectivity index (χ4v) is 3.24. The molecule has 3 rings (SSSR count). The van der Waals surface area contributed by atoms with Crippen molar-refractivity contribution < 1.29 is 4.79 Å². The normalized spacial score (nSPS) is 11.4. The second-order valence-corrected chi connectivity index (χ2v) is 6.24. The number of hydrogen-bond donors (Lipinski definition) is 3. The van der Waals surface area contributed by atoms with Crippen LogP contribution in [0.4, 0.5) is 0 Å². The molecule has 0 unspecified atom stereocenters. The number of H-pyrrole nitrogens is 2. The summed E-state index contributed by atoms with van der Waals surface area (Å²) in [5.41, 5.74) is 4.96. The van der Waals surface area contributed by atoms with Crippen molar-refractivity contribution in [3.8, 4) is 0 Å². The maximum Gasteiger partial charge on any atom is 0.325 e. The van der Waals surface area contributed by atoms with Crippen LogP contribution in [0.5, 0.6) is 0 Å². The number of para-hydroxylation sites is 1. The number of benzene rings is 1. The third-order valence-corrected chi connectivity index (χ3v) is 4.57. The summed E-state index contributed by atoms with van der Waals surface area (Å²) in [6.45, 7) is 6.49. The Bertz CT molecular complexity index is 1150. The number of carbonyl (C=O) groups excluding carboxylic acids is 1. The summed E-state index contributed by atoms with van der Waals surface area (Å²) in [7, 11) is 0. The van der Waals surface area contributed by atoms with Crippen LogP contribution in [0, 0.1) is 13.8 Å². The van der Waals surface area contributed by atoms with Crippen molar-refractivity contribution in [2.24, 2.45) is 5.10 Å². The number of rotatable bonds is 5. The summed E-state index contributed by atoms with van der Waals surface area (Å²) in [5.74, 6) is -0.441. The van der Waals surface area contributed by atoms with Crippen LogP contribution in [0.15, 0.2) is 39.0 Å². The van der Waals surface area contributed by atoms with E-state index in [1.807, 2.05) is 31.2 Å². The van der Waals surface area contributed by atoms with Crippen LogP contribution in [0.3, 0.4) is 0 Å². The highest BCUT2D eigenvalue weighted by molar-refractivity contribution is 6.01. The predicted molar refractivity (Wildman–Crippen MR) is 104 cm³/mol. The van der Waals surface area contributed by atoms with Gasteiger partial charge in [-0.15, -0.1) is 0 Å². The number of fused-ring (bicyclic) bond motifs is 1. The van der Waals surface area contributed by atoms with E-state index in [1.54, 1.807) is 13.1 Å². The molecular weight excluding hydrogens is 346 g/mol. The van der Waals surface area contributed by atoms with Crippen molar-refractivity contribution in [1.82, 2.24) is 20.0 Å². The number of carbonyl (C=O) groups is 1. The van der Waals surface area contributed by atoms with Crippen LogP contribution in [0.25, 0.3) is 10.9 Å². The first-order valence-electron chi connectivity index (χ1n) is 8.64. The lowest BCUT2D eigenvalue weighted by molar-refractivity contribution is -0.120. The average Bonchev–Trinajstić information content (AvgIpc) is 2.89. The second kappa shape index (κ2) is 7.45. The van der Waals surface area contributed by atoms with Gasteiger partial charge in [0, 0.05) is 40.0 Å². The number of amides is 1. The molecule has 1 amide bonds. The molecule has 1 aromatic carbocycles. The number of aromatic nitrogens is 3. The Kier molecular flexibility index (Phi) is 5.07. The van der Waals surface area contributed by atoms with Crippen LogP contribution < -0.4 is 16.7 Å². The Balaban J connectivity index is 1.80. The molecule has 8 heteroatoms. The molecule has 8 nitrogen and oxygen atoms in total. The van der Waals surface area contributed by atoms with Crippen molar-refractivity contribution in [2.75, 3.05) is 0 Å². The van der Waals surface area contributed by atoms with Gasteiger partial charge in [0.05, 0.1) is 12.6 Å². The van der Waals surface area contributed by atoms with Crippen molar-refractivity contribution in [2.45, 2.75) is 33.7 Å². The van der Waals surface area contributed by atoms with Crippen molar-refractivity contribution in [1.29, 1.82) is 0 Å². The van der Waals surface area contributed by atoms with Gasteiger partial charge in [0.15, 0.2) is 0 Å². The van der Waals surface area contributed by atoms with Gasteiger partial charge < -0.3 is 9.55 Å². The molecule has 3 N–H and O–H groups in total. The molecule has 140 valence electrons. The number of aryl methyl sites for hydroxylation is 2. The number of hydrogen-bond acceptors (Lipinski definition) is 4. The van der Waals surface area contributed by atoms with Crippen LogP contribution in [0.2, 0.25) is 0 Å². The molecule has 2 aromatic heterocycles. The fourth-order valence-electron chi connectivity index (χ4n) is 3.24. The first kappa shape index (κ1) is 18.4. The SMILES string of the molecule is CCn1c(C)c(/C=N\NC(=O)Cc2c(C)[nH]c(=O)[nH]c2=O)c2ccccc21. The topological polar surface area (TPSA) is 112 Å². The van der Waals surface area contributed by atoms with E-state index in [0.29, 0.717) is 5.69 Å². The van der Waals surface area contributed by atoms with Gasteiger partial charge in [-0.05, 0) is 26.8 Å². The zero-order valence-corrected chi connectivity index (χ0v) is 15.4. The highest BCUT2D eigenvalue weighted by atomic mass is 16.2.